The Balaban J connectivity index is 0.00000342. The first-order valence-corrected chi connectivity index (χ1v) is 11.6. The van der Waals surface area contributed by atoms with Gasteiger partial charge in [0, 0.05) is 32.2 Å². The van der Waals surface area contributed by atoms with Crippen molar-refractivity contribution in [2.45, 2.75) is 52.4 Å². The molecule has 2 aromatic heterocycles. The van der Waals surface area contributed by atoms with E-state index in [1.807, 2.05) is 36.4 Å². The van der Waals surface area contributed by atoms with Gasteiger partial charge in [0.2, 0.25) is 0 Å². The van der Waals surface area contributed by atoms with Crippen molar-refractivity contribution in [1.82, 2.24) is 9.97 Å². The van der Waals surface area contributed by atoms with E-state index in [-0.39, 0.29) is 43.4 Å². The summed E-state index contributed by atoms with van der Waals surface area (Å²) in [6.45, 7) is 13.0. The van der Waals surface area contributed by atoms with Gasteiger partial charge in [0.05, 0.1) is 22.8 Å². The number of rotatable bonds is 3. The fourth-order valence-corrected chi connectivity index (χ4v) is 3.85. The monoisotopic (exact) mass is 647 g/mol. The second-order valence-corrected chi connectivity index (χ2v) is 10.8. The van der Waals surface area contributed by atoms with Gasteiger partial charge in [-0.15, -0.1) is 0 Å². The molecule has 184 valence electrons. The molecule has 2 N–H and O–H groups in total. The summed E-state index contributed by atoms with van der Waals surface area (Å²) < 4.78 is 0. The van der Waals surface area contributed by atoms with Crippen LogP contribution in [0.25, 0.3) is 33.9 Å². The minimum atomic E-state index is -0.126. The molecule has 0 saturated carbocycles. The Morgan fingerprint density at radius 2 is 0.829 bits per heavy atom. The number of aromatic nitrogens is 2. The summed E-state index contributed by atoms with van der Waals surface area (Å²) >= 11 is 0. The zero-order chi connectivity index (χ0) is 24.7. The minimum Gasteiger partial charge on any atom is -0.507 e. The topological polar surface area (TPSA) is 66.2 Å². The van der Waals surface area contributed by atoms with Gasteiger partial charge < -0.3 is 10.2 Å². The molecule has 0 atom stereocenters. The molecule has 0 spiro atoms. The van der Waals surface area contributed by atoms with Crippen LogP contribution >= 0.6 is 0 Å². The second kappa shape index (κ2) is 9.95. The number of hydrogen-bond donors (Lipinski definition) is 2. The zero-order valence-electron chi connectivity index (χ0n) is 21.0. The van der Waals surface area contributed by atoms with Gasteiger partial charge >= 0.3 is 0 Å². The molecule has 0 aliphatic rings. The predicted octanol–water partition coefficient (Wildman–Crippen LogP) is 7.48. The van der Waals surface area contributed by atoms with E-state index in [0.717, 1.165) is 22.5 Å². The molecule has 0 bridgehead atoms. The summed E-state index contributed by atoms with van der Waals surface area (Å²) in [7, 11) is 0. The molecule has 0 aliphatic heterocycles. The van der Waals surface area contributed by atoms with Crippen molar-refractivity contribution in [3.8, 4) is 45.4 Å². The first kappa shape index (κ1) is 26.6. The van der Waals surface area contributed by atoms with Crippen molar-refractivity contribution in [3.63, 3.8) is 0 Å². The molecule has 35 heavy (non-hydrogen) atoms. The molecule has 4 rings (SSSR count). The summed E-state index contributed by atoms with van der Waals surface area (Å²) in [6, 6.07) is 22.7. The van der Waals surface area contributed by atoms with Gasteiger partial charge in [-0.05, 0) is 70.5 Å². The molecular weight excluding hydrogens is 615 g/mol. The van der Waals surface area contributed by atoms with Gasteiger partial charge in [-0.2, -0.15) is 0 Å². The molecule has 2 heterocycles. The van der Waals surface area contributed by atoms with Crippen LogP contribution in [-0.4, -0.2) is 20.2 Å². The smallest absolute Gasteiger partial charge is 0.124 e. The molecule has 2 aromatic carbocycles. The Morgan fingerprint density at radius 3 is 1.14 bits per heavy atom. The Morgan fingerprint density at radius 1 is 0.514 bits per heavy atom. The van der Waals surface area contributed by atoms with E-state index in [4.69, 9.17) is 9.97 Å². The third-order valence-corrected chi connectivity index (χ3v) is 6.01. The first-order chi connectivity index (χ1) is 15.9. The first-order valence-electron chi connectivity index (χ1n) is 11.6. The van der Waals surface area contributed by atoms with Gasteiger partial charge in [-0.3, -0.25) is 0 Å². The fraction of sp³-hybridized carbons (Fsp3) is 0.267. The molecule has 0 unspecified atom stereocenters. The second-order valence-electron chi connectivity index (χ2n) is 10.8. The predicted molar refractivity (Wildman–Crippen MR) is 139 cm³/mol. The normalized spacial score (nSPS) is 11.7. The molecule has 4 nitrogen and oxygen atoms in total. The molecule has 0 amide bonds. The van der Waals surface area contributed by atoms with E-state index < -0.39 is 0 Å². The molecule has 4 aromatic rings. The van der Waals surface area contributed by atoms with E-state index in [9.17, 15) is 10.2 Å². The number of hydrogen-bond acceptors (Lipinski definition) is 4. The van der Waals surface area contributed by atoms with Gasteiger partial charge in [0.25, 0.3) is 0 Å². The van der Waals surface area contributed by atoms with Gasteiger partial charge in [0.15, 0.2) is 0 Å². The van der Waals surface area contributed by atoms with Crippen LogP contribution in [0.4, 0.5) is 0 Å². The van der Waals surface area contributed by atoms with Crippen LogP contribution in [0.2, 0.25) is 0 Å². The standard InChI is InChI=1S/C30H32N2O2.Pt/c1-29(2,3)19-15-23(21-11-7-9-13-27(21)33)31-25(17-19)26-18-20(30(4,5)6)16-24(32-26)22-12-8-10-14-28(22)34;/h7-18,33-34H,1-6H3;. The average Bonchev–Trinajstić information content (AvgIpc) is 2.78. The van der Waals surface area contributed by atoms with E-state index in [2.05, 4.69) is 53.7 Å². The van der Waals surface area contributed by atoms with Crippen molar-refractivity contribution in [2.24, 2.45) is 0 Å². The van der Waals surface area contributed by atoms with Crippen LogP contribution in [-0.2, 0) is 31.9 Å². The van der Waals surface area contributed by atoms with Crippen molar-refractivity contribution >= 4 is 0 Å². The van der Waals surface area contributed by atoms with E-state index in [0.29, 0.717) is 22.5 Å². The summed E-state index contributed by atoms with van der Waals surface area (Å²) in [5.74, 6) is 0.386. The largest absolute Gasteiger partial charge is 0.507 e. The van der Waals surface area contributed by atoms with Crippen molar-refractivity contribution in [2.75, 3.05) is 0 Å². The number of pyridine rings is 2. The van der Waals surface area contributed by atoms with E-state index in [1.165, 1.54) is 0 Å². The number of phenols is 2. The van der Waals surface area contributed by atoms with Crippen LogP contribution in [0.5, 0.6) is 11.5 Å². The van der Waals surface area contributed by atoms with Crippen molar-refractivity contribution in [1.29, 1.82) is 0 Å². The summed E-state index contributed by atoms with van der Waals surface area (Å²) in [5, 5.41) is 21.0. The van der Waals surface area contributed by atoms with Gasteiger partial charge in [0.1, 0.15) is 11.5 Å². The van der Waals surface area contributed by atoms with Crippen LogP contribution in [0.15, 0.2) is 72.8 Å². The molecule has 0 aliphatic carbocycles. The Kier molecular flexibility index (Phi) is 7.57. The molecule has 0 radical (unpaired) electrons. The van der Waals surface area contributed by atoms with E-state index >= 15 is 0 Å². The van der Waals surface area contributed by atoms with Crippen LogP contribution in [0.3, 0.4) is 0 Å². The molecule has 5 heteroatoms. The Labute approximate surface area is 222 Å². The molecule has 0 fully saturated rings. The maximum Gasteiger partial charge on any atom is 0.124 e. The van der Waals surface area contributed by atoms with Crippen LogP contribution in [0, 0.1) is 0 Å². The summed E-state index contributed by atoms with van der Waals surface area (Å²) in [6.07, 6.45) is 0. The van der Waals surface area contributed by atoms with Crippen LogP contribution in [0.1, 0.15) is 52.7 Å². The molecular formula is C30H32N2O2Pt. The average molecular weight is 648 g/mol. The number of nitrogens with zero attached hydrogens (tertiary/aromatic N) is 2. The third kappa shape index (κ3) is 5.82. The third-order valence-electron chi connectivity index (χ3n) is 6.01. The fourth-order valence-electron chi connectivity index (χ4n) is 3.85. The number of benzene rings is 2. The zero-order valence-corrected chi connectivity index (χ0v) is 23.3. The Hall–Kier alpha value is -2.97. The SMILES string of the molecule is CC(C)(C)c1cc(-c2cc(C(C)(C)C)cc(-c3ccccc3O)n2)nc(-c2ccccc2O)c1.[Pt]. The summed E-state index contributed by atoms with van der Waals surface area (Å²) in [4.78, 5) is 9.89. The van der Waals surface area contributed by atoms with Crippen LogP contribution < -0.4 is 0 Å². The van der Waals surface area contributed by atoms with Crippen molar-refractivity contribution in [3.05, 3.63) is 83.9 Å². The van der Waals surface area contributed by atoms with Crippen molar-refractivity contribution < 1.29 is 31.3 Å². The minimum absolute atomic E-state index is 0. The van der Waals surface area contributed by atoms with Gasteiger partial charge in [-0.25, -0.2) is 9.97 Å². The number of phenolic OH excluding ortho intramolecular Hbond substituents is 2. The van der Waals surface area contributed by atoms with E-state index in [1.54, 1.807) is 24.3 Å². The quantitative estimate of drug-likeness (QED) is 0.242. The molecule has 0 saturated heterocycles. The maximum absolute atomic E-state index is 10.5. The maximum atomic E-state index is 10.5. The Bertz CT molecular complexity index is 1250. The summed E-state index contributed by atoms with van der Waals surface area (Å²) in [5.41, 5.74) is 6.18. The number of para-hydroxylation sites is 2. The van der Waals surface area contributed by atoms with Gasteiger partial charge in [-0.1, -0.05) is 65.8 Å². The number of aromatic hydroxyl groups is 2.